The minimum Gasteiger partial charge on any atom is -0.493 e. The molecule has 3 rings (SSSR count). The lowest BCUT2D eigenvalue weighted by atomic mass is 9.72. The van der Waals surface area contributed by atoms with Crippen molar-refractivity contribution in [3.8, 4) is 11.5 Å². The van der Waals surface area contributed by atoms with Crippen LogP contribution in [-0.4, -0.2) is 59.8 Å². The van der Waals surface area contributed by atoms with Gasteiger partial charge < -0.3 is 30.1 Å². The Kier molecular flexibility index (Phi) is 3.72. The van der Waals surface area contributed by atoms with Crippen molar-refractivity contribution in [2.24, 2.45) is 0 Å². The highest BCUT2D eigenvalue weighted by molar-refractivity contribution is 5.98. The van der Waals surface area contributed by atoms with Gasteiger partial charge in [0.05, 0.1) is 26.4 Å². The quantitative estimate of drug-likeness (QED) is 0.580. The van der Waals surface area contributed by atoms with Gasteiger partial charge in [0.15, 0.2) is 11.5 Å². The van der Waals surface area contributed by atoms with Crippen molar-refractivity contribution in [3.63, 3.8) is 0 Å². The lowest BCUT2D eigenvalue weighted by Gasteiger charge is -2.44. The largest absolute Gasteiger partial charge is 0.493 e. The standard InChI is InChI=1S/C15H19NO6/c1-21-10-4-6-7-3-9(17)13(18)14(19)12(7)16-15(20)8(6)5-11(10)22-2/h4-5,7,9,12-14,17-19H,3H2,1-2H3,(H,16,20)/t7-,9+,12-,13-,14+/m1/s1. The monoisotopic (exact) mass is 309 g/mol. The Hall–Kier alpha value is -1.83. The second-order valence-electron chi connectivity index (χ2n) is 5.68. The predicted octanol–water partition coefficient (Wildman–Crippen LogP) is -0.614. The molecule has 2 aliphatic rings. The Labute approximate surface area is 127 Å². The van der Waals surface area contributed by atoms with E-state index in [1.807, 2.05) is 0 Å². The van der Waals surface area contributed by atoms with E-state index < -0.39 is 24.4 Å². The minimum atomic E-state index is -1.27. The van der Waals surface area contributed by atoms with E-state index in [0.717, 1.165) is 0 Å². The number of methoxy groups -OCH3 is 2. The van der Waals surface area contributed by atoms with Crippen LogP contribution in [0.1, 0.15) is 28.3 Å². The molecule has 0 bridgehead atoms. The molecule has 0 aromatic heterocycles. The van der Waals surface area contributed by atoms with E-state index in [0.29, 0.717) is 22.6 Å². The fourth-order valence-electron chi connectivity index (χ4n) is 3.36. The van der Waals surface area contributed by atoms with E-state index in [4.69, 9.17) is 9.47 Å². The van der Waals surface area contributed by atoms with Crippen LogP contribution in [0.25, 0.3) is 0 Å². The van der Waals surface area contributed by atoms with Gasteiger partial charge in [-0.15, -0.1) is 0 Å². The molecule has 0 saturated heterocycles. The summed E-state index contributed by atoms with van der Waals surface area (Å²) in [5, 5.41) is 32.6. The first-order valence-electron chi connectivity index (χ1n) is 7.09. The van der Waals surface area contributed by atoms with Crippen molar-refractivity contribution in [3.05, 3.63) is 23.3 Å². The predicted molar refractivity (Wildman–Crippen MR) is 76.2 cm³/mol. The number of ether oxygens (including phenoxy) is 2. The summed E-state index contributed by atoms with van der Waals surface area (Å²) in [7, 11) is 2.98. The smallest absolute Gasteiger partial charge is 0.252 e. The van der Waals surface area contributed by atoms with Crippen LogP contribution in [0, 0.1) is 0 Å². The fraction of sp³-hybridized carbons (Fsp3) is 0.533. The maximum absolute atomic E-state index is 12.3. The highest BCUT2D eigenvalue weighted by atomic mass is 16.5. The minimum absolute atomic E-state index is 0.242. The summed E-state index contributed by atoms with van der Waals surface area (Å²) in [4.78, 5) is 12.3. The molecule has 5 atom stereocenters. The van der Waals surface area contributed by atoms with Crippen molar-refractivity contribution in [2.75, 3.05) is 14.2 Å². The lowest BCUT2D eigenvalue weighted by Crippen LogP contribution is -2.61. The zero-order chi connectivity index (χ0) is 16.0. The van der Waals surface area contributed by atoms with Gasteiger partial charge in [0.25, 0.3) is 5.91 Å². The van der Waals surface area contributed by atoms with Gasteiger partial charge in [-0.3, -0.25) is 4.79 Å². The number of nitrogens with one attached hydrogen (secondary N) is 1. The molecule has 7 nitrogen and oxygen atoms in total. The highest BCUT2D eigenvalue weighted by Crippen LogP contribution is 2.42. The first-order valence-corrected chi connectivity index (χ1v) is 7.09. The summed E-state index contributed by atoms with van der Waals surface area (Å²) in [6, 6.07) is 2.64. The van der Waals surface area contributed by atoms with Crippen LogP contribution >= 0.6 is 0 Å². The van der Waals surface area contributed by atoms with Crippen molar-refractivity contribution in [1.29, 1.82) is 0 Å². The molecule has 1 heterocycles. The number of aliphatic hydroxyl groups excluding tert-OH is 3. The molecule has 7 heteroatoms. The van der Waals surface area contributed by atoms with Gasteiger partial charge in [-0.25, -0.2) is 0 Å². The Morgan fingerprint density at radius 1 is 1.09 bits per heavy atom. The zero-order valence-electron chi connectivity index (χ0n) is 12.3. The average Bonchev–Trinajstić information content (AvgIpc) is 2.53. The summed E-state index contributed by atoms with van der Waals surface area (Å²) < 4.78 is 10.5. The number of aliphatic hydroxyl groups is 3. The maximum atomic E-state index is 12.3. The molecule has 1 aliphatic carbocycles. The third-order valence-electron chi connectivity index (χ3n) is 4.54. The molecule has 1 aromatic carbocycles. The van der Waals surface area contributed by atoms with Crippen molar-refractivity contribution in [1.82, 2.24) is 5.32 Å². The highest BCUT2D eigenvalue weighted by Gasteiger charge is 2.47. The molecule has 1 aromatic rings. The zero-order valence-corrected chi connectivity index (χ0v) is 12.3. The Morgan fingerprint density at radius 3 is 2.36 bits per heavy atom. The van der Waals surface area contributed by atoms with Crippen molar-refractivity contribution >= 4 is 5.91 Å². The van der Waals surface area contributed by atoms with Crippen LogP contribution in [0.3, 0.4) is 0 Å². The summed E-state index contributed by atoms with van der Waals surface area (Å²) >= 11 is 0. The van der Waals surface area contributed by atoms with E-state index in [-0.39, 0.29) is 18.2 Å². The number of benzene rings is 1. The van der Waals surface area contributed by atoms with E-state index >= 15 is 0 Å². The number of hydrogen-bond acceptors (Lipinski definition) is 6. The molecule has 22 heavy (non-hydrogen) atoms. The van der Waals surface area contributed by atoms with Crippen LogP contribution in [-0.2, 0) is 0 Å². The Bertz CT molecular complexity index is 604. The van der Waals surface area contributed by atoms with Crippen molar-refractivity contribution < 1.29 is 29.6 Å². The van der Waals surface area contributed by atoms with Gasteiger partial charge in [-0.05, 0) is 24.1 Å². The third kappa shape index (κ3) is 2.13. The number of amides is 1. The summed E-state index contributed by atoms with van der Waals surface area (Å²) in [6.45, 7) is 0. The number of carbonyl (C=O) groups is 1. The van der Waals surface area contributed by atoms with Gasteiger partial charge in [0.1, 0.15) is 12.2 Å². The van der Waals surface area contributed by atoms with Gasteiger partial charge in [-0.1, -0.05) is 0 Å². The Morgan fingerprint density at radius 2 is 1.73 bits per heavy atom. The molecule has 120 valence electrons. The summed E-state index contributed by atoms with van der Waals surface area (Å²) in [5.74, 6) is 0.261. The normalized spacial score (nSPS) is 33.5. The van der Waals surface area contributed by atoms with Crippen LogP contribution in [0.2, 0.25) is 0 Å². The van der Waals surface area contributed by atoms with Gasteiger partial charge >= 0.3 is 0 Å². The second kappa shape index (κ2) is 5.42. The van der Waals surface area contributed by atoms with E-state index in [9.17, 15) is 20.1 Å². The number of rotatable bonds is 2. The molecular weight excluding hydrogens is 290 g/mol. The fourth-order valence-corrected chi connectivity index (χ4v) is 3.36. The van der Waals surface area contributed by atoms with Gasteiger partial charge in [0.2, 0.25) is 0 Å². The second-order valence-corrected chi connectivity index (χ2v) is 5.68. The molecule has 0 spiro atoms. The van der Waals surface area contributed by atoms with E-state index in [1.165, 1.54) is 14.2 Å². The van der Waals surface area contributed by atoms with E-state index in [2.05, 4.69) is 5.32 Å². The van der Waals surface area contributed by atoms with Gasteiger partial charge in [0, 0.05) is 11.5 Å². The molecule has 1 saturated carbocycles. The van der Waals surface area contributed by atoms with E-state index in [1.54, 1.807) is 12.1 Å². The number of carbonyl (C=O) groups excluding carboxylic acids is 1. The molecule has 1 aliphatic heterocycles. The molecule has 4 N–H and O–H groups in total. The molecule has 1 fully saturated rings. The third-order valence-corrected chi connectivity index (χ3v) is 4.54. The molecule has 1 amide bonds. The topological polar surface area (TPSA) is 108 Å². The Balaban J connectivity index is 2.10. The summed E-state index contributed by atoms with van der Waals surface area (Å²) in [5.41, 5.74) is 1.10. The first kappa shape index (κ1) is 15.1. The maximum Gasteiger partial charge on any atom is 0.252 e. The molecular formula is C15H19NO6. The summed E-state index contributed by atoms with van der Waals surface area (Å²) in [6.07, 6.45) is -3.31. The molecule has 0 unspecified atom stereocenters. The lowest BCUT2D eigenvalue weighted by molar-refractivity contribution is -0.104. The average molecular weight is 309 g/mol. The van der Waals surface area contributed by atoms with Crippen LogP contribution in [0.4, 0.5) is 0 Å². The first-order chi connectivity index (χ1) is 10.5. The van der Waals surface area contributed by atoms with Crippen LogP contribution in [0.5, 0.6) is 11.5 Å². The van der Waals surface area contributed by atoms with Crippen molar-refractivity contribution in [2.45, 2.75) is 36.7 Å². The van der Waals surface area contributed by atoms with Crippen LogP contribution < -0.4 is 14.8 Å². The van der Waals surface area contributed by atoms with Crippen LogP contribution in [0.15, 0.2) is 12.1 Å². The molecule has 0 radical (unpaired) electrons. The number of hydrogen-bond donors (Lipinski definition) is 4. The number of fused-ring (bicyclic) bond motifs is 3. The van der Waals surface area contributed by atoms with Gasteiger partial charge in [-0.2, -0.15) is 0 Å². The SMILES string of the molecule is COc1cc2c(cc1OC)[C@H]1C[C@H](O)[C@@H](O)[C@@H](O)[C@@H]1NC2=O.